The molecule has 1 aliphatic rings. The van der Waals surface area contributed by atoms with Crippen molar-refractivity contribution in [1.29, 1.82) is 0 Å². The normalized spacial score (nSPS) is 20.4. The van der Waals surface area contributed by atoms with Crippen LogP contribution in [-0.4, -0.2) is 36.5 Å². The van der Waals surface area contributed by atoms with Crippen LogP contribution in [-0.2, 0) is 14.3 Å². The van der Waals surface area contributed by atoms with Crippen LogP contribution in [0, 0.1) is 0 Å². The zero-order valence-electron chi connectivity index (χ0n) is 15.9. The Labute approximate surface area is 159 Å². The van der Waals surface area contributed by atoms with E-state index in [1.807, 2.05) is 61.5 Å². The van der Waals surface area contributed by atoms with Crippen molar-refractivity contribution in [2.24, 2.45) is 0 Å². The number of hydrogen-bond donors (Lipinski definition) is 0. The predicted molar refractivity (Wildman–Crippen MR) is 102 cm³/mol. The van der Waals surface area contributed by atoms with E-state index in [9.17, 15) is 9.59 Å². The maximum absolute atomic E-state index is 12.9. The van der Waals surface area contributed by atoms with Gasteiger partial charge in [-0.05, 0) is 37.1 Å². The lowest BCUT2D eigenvalue weighted by molar-refractivity contribution is -0.153. The zero-order valence-corrected chi connectivity index (χ0v) is 15.9. The van der Waals surface area contributed by atoms with Crippen molar-refractivity contribution in [2.75, 3.05) is 13.7 Å². The van der Waals surface area contributed by atoms with Crippen LogP contribution >= 0.6 is 0 Å². The van der Waals surface area contributed by atoms with Gasteiger partial charge in [0.2, 0.25) is 5.91 Å². The van der Waals surface area contributed by atoms with Crippen LogP contribution in [0.5, 0.6) is 5.75 Å². The summed E-state index contributed by atoms with van der Waals surface area (Å²) in [5.41, 5.74) is 1.93. The van der Waals surface area contributed by atoms with Crippen molar-refractivity contribution in [2.45, 2.75) is 38.3 Å². The first-order valence-corrected chi connectivity index (χ1v) is 9.23. The first kappa shape index (κ1) is 19.0. The minimum absolute atomic E-state index is 0.0368. The molecular formula is C22H25NO4. The summed E-state index contributed by atoms with van der Waals surface area (Å²) in [5, 5.41) is 0. The van der Waals surface area contributed by atoms with Gasteiger partial charge in [-0.15, -0.1) is 0 Å². The van der Waals surface area contributed by atoms with Crippen LogP contribution in [0.3, 0.4) is 0 Å². The highest BCUT2D eigenvalue weighted by atomic mass is 16.5. The number of amides is 1. The van der Waals surface area contributed by atoms with E-state index in [4.69, 9.17) is 9.47 Å². The van der Waals surface area contributed by atoms with E-state index >= 15 is 0 Å². The molecule has 0 bridgehead atoms. The molecular weight excluding hydrogens is 342 g/mol. The van der Waals surface area contributed by atoms with Crippen LogP contribution < -0.4 is 4.74 Å². The van der Waals surface area contributed by atoms with E-state index in [0.717, 1.165) is 16.9 Å². The molecule has 1 aliphatic heterocycles. The molecule has 142 valence electrons. The van der Waals surface area contributed by atoms with Gasteiger partial charge in [0.15, 0.2) is 0 Å². The second kappa shape index (κ2) is 8.25. The fraction of sp³-hybridized carbons (Fsp3) is 0.364. The van der Waals surface area contributed by atoms with Gasteiger partial charge in [-0.25, -0.2) is 4.79 Å². The highest BCUT2D eigenvalue weighted by Crippen LogP contribution is 2.40. The number of likely N-dealkylation sites (tertiary alicyclic amines) is 1. The number of carbonyl (C=O) groups is 2. The molecule has 0 saturated carbocycles. The van der Waals surface area contributed by atoms with Gasteiger partial charge in [0.05, 0.1) is 19.8 Å². The Hall–Kier alpha value is -2.82. The third kappa shape index (κ3) is 3.82. The molecule has 3 unspecified atom stereocenters. The summed E-state index contributed by atoms with van der Waals surface area (Å²) < 4.78 is 10.5. The fourth-order valence-corrected chi connectivity index (χ4v) is 3.76. The molecule has 5 heteroatoms. The molecule has 1 amide bonds. The molecule has 0 aliphatic carbocycles. The van der Waals surface area contributed by atoms with Crippen LogP contribution in [0.2, 0.25) is 0 Å². The molecule has 1 heterocycles. The quantitative estimate of drug-likeness (QED) is 0.731. The summed E-state index contributed by atoms with van der Waals surface area (Å²) in [5.74, 6) is 0.157. The van der Waals surface area contributed by atoms with Crippen LogP contribution in [0.25, 0.3) is 0 Å². The first-order valence-electron chi connectivity index (χ1n) is 9.23. The number of carbonyl (C=O) groups excluding carboxylic acids is 2. The average Bonchev–Trinajstić information content (AvgIpc) is 3.05. The van der Waals surface area contributed by atoms with Gasteiger partial charge in [0, 0.05) is 12.3 Å². The van der Waals surface area contributed by atoms with Crippen molar-refractivity contribution < 1.29 is 19.1 Å². The summed E-state index contributed by atoms with van der Waals surface area (Å²) in [4.78, 5) is 27.4. The predicted octanol–water partition coefficient (Wildman–Crippen LogP) is 3.70. The number of methoxy groups -OCH3 is 1. The first-order chi connectivity index (χ1) is 13.1. The fourth-order valence-electron chi connectivity index (χ4n) is 3.76. The molecule has 3 rings (SSSR count). The van der Waals surface area contributed by atoms with Crippen LogP contribution in [0.4, 0.5) is 0 Å². The van der Waals surface area contributed by atoms with Gasteiger partial charge in [-0.2, -0.15) is 0 Å². The van der Waals surface area contributed by atoms with Crippen molar-refractivity contribution >= 4 is 11.9 Å². The maximum atomic E-state index is 12.9. The summed E-state index contributed by atoms with van der Waals surface area (Å²) in [6.07, 6.45) is 0.300. The minimum atomic E-state index is -0.628. The third-order valence-electron chi connectivity index (χ3n) is 5.13. The second-order valence-electron chi connectivity index (χ2n) is 6.67. The highest BCUT2D eigenvalue weighted by Gasteiger charge is 2.47. The second-order valence-corrected chi connectivity index (χ2v) is 6.67. The molecule has 0 N–H and O–H groups in total. The molecule has 27 heavy (non-hydrogen) atoms. The summed E-state index contributed by atoms with van der Waals surface area (Å²) >= 11 is 0. The van der Waals surface area contributed by atoms with Crippen molar-refractivity contribution in [1.82, 2.24) is 4.90 Å². The van der Waals surface area contributed by atoms with Gasteiger partial charge in [0.1, 0.15) is 11.8 Å². The highest BCUT2D eigenvalue weighted by molar-refractivity contribution is 5.90. The van der Waals surface area contributed by atoms with E-state index in [1.165, 1.54) is 0 Å². The van der Waals surface area contributed by atoms with Crippen molar-refractivity contribution in [3.8, 4) is 5.75 Å². The molecule has 2 aromatic rings. The van der Waals surface area contributed by atoms with Crippen LogP contribution in [0.15, 0.2) is 54.6 Å². The number of esters is 1. The standard InChI is InChI=1S/C22H25NO4/c1-4-27-22(25)21-19(17-8-6-5-7-9-17)14-20(24)23(21)15(2)16-10-12-18(26-3)13-11-16/h5-13,15,19,21H,4,14H2,1-3H3. The third-order valence-corrected chi connectivity index (χ3v) is 5.13. The number of nitrogens with zero attached hydrogens (tertiary/aromatic N) is 1. The summed E-state index contributed by atoms with van der Waals surface area (Å²) in [6, 6.07) is 16.4. The molecule has 1 fully saturated rings. The topological polar surface area (TPSA) is 55.8 Å². The lowest BCUT2D eigenvalue weighted by atomic mass is 9.91. The van der Waals surface area contributed by atoms with E-state index in [1.54, 1.807) is 18.9 Å². The van der Waals surface area contributed by atoms with E-state index in [-0.39, 0.29) is 30.4 Å². The summed E-state index contributed by atoms with van der Waals surface area (Å²) in [7, 11) is 1.61. The molecule has 5 nitrogen and oxygen atoms in total. The van der Waals surface area contributed by atoms with Gasteiger partial charge in [-0.1, -0.05) is 42.5 Å². The van der Waals surface area contributed by atoms with Gasteiger partial charge < -0.3 is 14.4 Å². The minimum Gasteiger partial charge on any atom is -0.497 e. The molecule has 0 aromatic heterocycles. The monoisotopic (exact) mass is 367 g/mol. The number of rotatable bonds is 6. The van der Waals surface area contributed by atoms with E-state index in [2.05, 4.69) is 0 Å². The Kier molecular flexibility index (Phi) is 5.79. The van der Waals surface area contributed by atoms with Crippen LogP contribution in [0.1, 0.15) is 43.4 Å². The lowest BCUT2D eigenvalue weighted by Crippen LogP contribution is -2.43. The Bertz CT molecular complexity index is 788. The van der Waals surface area contributed by atoms with Crippen molar-refractivity contribution in [3.63, 3.8) is 0 Å². The Morgan fingerprint density at radius 1 is 1.15 bits per heavy atom. The van der Waals surface area contributed by atoms with Gasteiger partial charge in [-0.3, -0.25) is 4.79 Å². The number of hydrogen-bond acceptors (Lipinski definition) is 4. The largest absolute Gasteiger partial charge is 0.497 e. The molecule has 0 spiro atoms. The SMILES string of the molecule is CCOC(=O)C1C(c2ccccc2)CC(=O)N1C(C)c1ccc(OC)cc1. The smallest absolute Gasteiger partial charge is 0.329 e. The zero-order chi connectivity index (χ0) is 19.4. The number of benzene rings is 2. The Morgan fingerprint density at radius 2 is 1.81 bits per heavy atom. The van der Waals surface area contributed by atoms with Gasteiger partial charge >= 0.3 is 5.97 Å². The molecule has 3 atom stereocenters. The molecule has 2 aromatic carbocycles. The Balaban J connectivity index is 1.95. The lowest BCUT2D eigenvalue weighted by Gasteiger charge is -2.32. The maximum Gasteiger partial charge on any atom is 0.329 e. The molecule has 0 radical (unpaired) electrons. The van der Waals surface area contributed by atoms with Crippen molar-refractivity contribution in [3.05, 3.63) is 65.7 Å². The van der Waals surface area contributed by atoms with E-state index in [0.29, 0.717) is 6.42 Å². The van der Waals surface area contributed by atoms with E-state index < -0.39 is 6.04 Å². The van der Waals surface area contributed by atoms with Gasteiger partial charge in [0.25, 0.3) is 0 Å². The average molecular weight is 367 g/mol. The summed E-state index contributed by atoms with van der Waals surface area (Å²) in [6.45, 7) is 4.01. The number of ether oxygens (including phenoxy) is 2. The Morgan fingerprint density at radius 3 is 2.41 bits per heavy atom. The molecule has 1 saturated heterocycles.